The highest BCUT2D eigenvalue weighted by Gasteiger charge is 2.49. The summed E-state index contributed by atoms with van der Waals surface area (Å²) in [5.74, 6) is 0.731. The lowest BCUT2D eigenvalue weighted by atomic mass is 9.80. The maximum Gasteiger partial charge on any atom is 0.530 e. The SMILES string of the molecule is COc1ccc(C(OC[C@H]2O[C@@H](n3cc(C)c(=O)[nH]c3=O)C[C@@H]2OP(=O)(OC[C@H]2O[C@@H](n3cnc4c(NC(=O)c5ccccc5)ncnc43)C[C@@H]2OP(=O)(O)Oc2ccc(Cl)cc2)Oc2ccc(Cl)cc2)(c2ccccc2)c2ccc(OC)cc2)cc1. The van der Waals surface area contributed by atoms with Crippen molar-refractivity contribution in [2.75, 3.05) is 32.8 Å². The fourth-order valence-corrected chi connectivity index (χ4v) is 12.8. The van der Waals surface area contributed by atoms with Crippen LogP contribution >= 0.6 is 38.8 Å². The minimum Gasteiger partial charge on any atom is -0.497 e. The number of nitrogens with one attached hydrogen (secondary N) is 2. The number of ether oxygens (including phenoxy) is 5. The van der Waals surface area contributed by atoms with Crippen LogP contribution in [-0.2, 0) is 42.5 Å². The van der Waals surface area contributed by atoms with Gasteiger partial charge >= 0.3 is 21.3 Å². The van der Waals surface area contributed by atoms with Crippen LogP contribution in [0.4, 0.5) is 5.82 Å². The van der Waals surface area contributed by atoms with Gasteiger partial charge in [0.25, 0.3) is 11.5 Å². The van der Waals surface area contributed by atoms with E-state index in [2.05, 4.69) is 25.3 Å². The number of hydrogen-bond donors (Lipinski definition) is 3. The van der Waals surface area contributed by atoms with Gasteiger partial charge in [-0.3, -0.25) is 42.2 Å². The number of aromatic amines is 1. The number of benzene rings is 6. The number of imidazole rings is 1. The van der Waals surface area contributed by atoms with Crippen LogP contribution < -0.4 is 35.1 Å². The zero-order chi connectivity index (χ0) is 60.9. The molecule has 8 atom stereocenters. The van der Waals surface area contributed by atoms with Crippen LogP contribution in [0.15, 0.2) is 186 Å². The van der Waals surface area contributed by atoms with E-state index in [1.807, 2.05) is 54.6 Å². The van der Waals surface area contributed by atoms with E-state index in [0.717, 1.165) is 0 Å². The number of phosphoric ester groups is 2. The van der Waals surface area contributed by atoms with Crippen LogP contribution in [0.1, 0.15) is 57.9 Å². The van der Waals surface area contributed by atoms with Crippen molar-refractivity contribution >= 4 is 61.7 Å². The summed E-state index contributed by atoms with van der Waals surface area (Å²) in [5, 5.41) is 3.43. The Bertz CT molecular complexity index is 4050. The summed E-state index contributed by atoms with van der Waals surface area (Å²) in [6.45, 7) is 0.488. The molecule has 11 rings (SSSR count). The van der Waals surface area contributed by atoms with E-state index in [1.165, 1.54) is 83.4 Å². The van der Waals surface area contributed by atoms with Gasteiger partial charge in [0, 0.05) is 40.2 Å². The normalized spacial score (nSPS) is 19.9. The highest BCUT2D eigenvalue weighted by molar-refractivity contribution is 7.49. The molecule has 23 nitrogen and oxygen atoms in total. The molecule has 2 unspecified atom stereocenters. The molecule has 3 N–H and O–H groups in total. The molecule has 0 aliphatic carbocycles. The number of carbonyl (C=O) groups is 1. The fraction of sp³-hybridized carbons (Fsp3) is 0.233. The van der Waals surface area contributed by atoms with Gasteiger partial charge in [-0.2, -0.15) is 0 Å². The summed E-state index contributed by atoms with van der Waals surface area (Å²) in [6, 6.07) is 44.1. The minimum atomic E-state index is -5.04. The van der Waals surface area contributed by atoms with Crippen molar-refractivity contribution in [2.24, 2.45) is 0 Å². The third-order valence-corrected chi connectivity index (χ3v) is 17.3. The zero-order valence-electron chi connectivity index (χ0n) is 46.5. The summed E-state index contributed by atoms with van der Waals surface area (Å²) in [6.07, 6.45) is -3.96. The number of nitrogens with zero attached hydrogens (tertiary/aromatic N) is 5. The minimum absolute atomic E-state index is 0.0189. The Morgan fingerprint density at radius 2 is 1.21 bits per heavy atom. The van der Waals surface area contributed by atoms with Gasteiger partial charge in [-0.1, -0.05) is 96.0 Å². The van der Waals surface area contributed by atoms with E-state index in [0.29, 0.717) is 43.8 Å². The second-order valence-electron chi connectivity index (χ2n) is 20.0. The number of halogens is 2. The van der Waals surface area contributed by atoms with Crippen molar-refractivity contribution in [1.29, 1.82) is 0 Å². The highest BCUT2D eigenvalue weighted by Crippen LogP contribution is 2.55. The average molecular weight is 1260 g/mol. The van der Waals surface area contributed by atoms with Crippen LogP contribution in [0.3, 0.4) is 0 Å². The van der Waals surface area contributed by atoms with Crippen molar-refractivity contribution in [3.8, 4) is 23.0 Å². The number of fused-ring (bicyclic) bond motifs is 1. The molecule has 87 heavy (non-hydrogen) atoms. The van der Waals surface area contributed by atoms with Crippen LogP contribution in [0.25, 0.3) is 11.2 Å². The van der Waals surface area contributed by atoms with Crippen molar-refractivity contribution in [2.45, 2.75) is 62.2 Å². The Morgan fingerprint density at radius 1 is 0.678 bits per heavy atom. The summed E-state index contributed by atoms with van der Waals surface area (Å²) < 4.78 is 94.6. The van der Waals surface area contributed by atoms with E-state index in [1.54, 1.807) is 68.8 Å². The van der Waals surface area contributed by atoms with Crippen LogP contribution in [0.2, 0.25) is 10.0 Å². The fourth-order valence-electron chi connectivity index (χ4n) is 10.1. The number of methoxy groups -OCH3 is 2. The van der Waals surface area contributed by atoms with Gasteiger partial charge in [-0.05, 0) is 109 Å². The molecule has 3 aromatic heterocycles. The Hall–Kier alpha value is -8.02. The maximum absolute atomic E-state index is 15.9. The Labute approximate surface area is 506 Å². The molecule has 5 heterocycles. The first-order valence-corrected chi connectivity index (χ1v) is 30.7. The number of anilines is 1. The largest absolute Gasteiger partial charge is 0.530 e. The van der Waals surface area contributed by atoms with Crippen molar-refractivity contribution < 1.29 is 65.1 Å². The van der Waals surface area contributed by atoms with E-state index in [4.69, 9.17) is 69.5 Å². The molecule has 2 aliphatic heterocycles. The summed E-state index contributed by atoms with van der Waals surface area (Å²) >= 11 is 12.4. The third kappa shape index (κ3) is 13.7. The second-order valence-corrected chi connectivity index (χ2v) is 23.7. The number of phosphoric acid groups is 2. The third-order valence-electron chi connectivity index (χ3n) is 14.4. The van der Waals surface area contributed by atoms with Crippen LogP contribution in [-0.4, -0.2) is 91.7 Å². The smallest absolute Gasteiger partial charge is 0.497 e. The second kappa shape index (κ2) is 26.1. The number of aryl methyl sites for hydroxylation is 1. The number of amides is 1. The number of rotatable bonds is 23. The van der Waals surface area contributed by atoms with Gasteiger partial charge in [0.1, 0.15) is 71.8 Å². The molecular weight excluding hydrogens is 1210 g/mol. The predicted molar refractivity (Wildman–Crippen MR) is 318 cm³/mol. The monoisotopic (exact) mass is 1260 g/mol. The quantitative estimate of drug-likeness (QED) is 0.0396. The molecule has 0 radical (unpaired) electrons. The van der Waals surface area contributed by atoms with Gasteiger partial charge < -0.3 is 38.0 Å². The molecule has 9 aromatic rings. The first-order chi connectivity index (χ1) is 42.0. The standard InChI is InChI=1S/C60H55Cl2N7O16P2/c1-37-32-68(59(72)67-57(37)70)52-31-49(50(80-52)33-78-60(39-12-8-5-9-13-39,40-14-22-44(76-2)23-15-40)41-16-24-45(77-3)25-17-41)85-87(75,83-47-28-20-43(62)21-29-47)79-34-51-48(84-86(73,74)82-46-26-18-42(61)19-27-46)30-53(81-51)69-36-65-54-55(63-35-64-56(54)69)66-58(71)38-10-6-4-7-11-38/h4-29,32,35-36,48-53H,30-31,33-34H2,1-3H3,(H,73,74)(H,67,70,72)(H,63,64,66,71)/t48-,49-,50+,51+,52+,53+,87?/m0/s1. The topological polar surface area (TPSA) is 274 Å². The number of carbonyl (C=O) groups excluding carboxylic acids is 1. The number of H-pyrrole nitrogens is 1. The molecule has 0 saturated carbocycles. The van der Waals surface area contributed by atoms with Crippen molar-refractivity contribution in [3.63, 3.8) is 0 Å². The van der Waals surface area contributed by atoms with Gasteiger partial charge in [0.05, 0.1) is 33.8 Å². The molecule has 0 spiro atoms. The molecule has 2 saturated heterocycles. The molecule has 6 aromatic carbocycles. The first kappa shape index (κ1) is 60.7. The molecule has 0 bridgehead atoms. The molecule has 450 valence electrons. The number of aromatic nitrogens is 6. The van der Waals surface area contributed by atoms with Crippen LogP contribution in [0.5, 0.6) is 23.0 Å². The number of hydrogen-bond acceptors (Lipinski definition) is 18. The lowest BCUT2D eigenvalue weighted by Gasteiger charge is -2.37. The summed E-state index contributed by atoms with van der Waals surface area (Å²) in [7, 11) is -6.96. The van der Waals surface area contributed by atoms with E-state index in [9.17, 15) is 23.8 Å². The van der Waals surface area contributed by atoms with Gasteiger partial charge in [0.15, 0.2) is 17.0 Å². The van der Waals surface area contributed by atoms with E-state index >= 15 is 4.57 Å². The average Bonchev–Trinajstić information content (AvgIpc) is 1.72. The van der Waals surface area contributed by atoms with Crippen LogP contribution in [0, 0.1) is 6.92 Å². The zero-order valence-corrected chi connectivity index (χ0v) is 49.8. The van der Waals surface area contributed by atoms with Gasteiger partial charge in [-0.25, -0.2) is 28.9 Å². The summed E-state index contributed by atoms with van der Waals surface area (Å²) in [4.78, 5) is 66.4. The van der Waals surface area contributed by atoms with Gasteiger partial charge in [-0.15, -0.1) is 0 Å². The summed E-state index contributed by atoms with van der Waals surface area (Å²) in [5.41, 5.74) is 0.159. The van der Waals surface area contributed by atoms with Gasteiger partial charge in [0.2, 0.25) is 0 Å². The molecule has 1 amide bonds. The van der Waals surface area contributed by atoms with Crippen molar-refractivity contribution in [3.05, 3.63) is 235 Å². The van der Waals surface area contributed by atoms with E-state index in [-0.39, 0.29) is 53.5 Å². The molecule has 27 heteroatoms. The molecule has 2 aliphatic rings. The first-order valence-electron chi connectivity index (χ1n) is 27.0. The van der Waals surface area contributed by atoms with Crippen molar-refractivity contribution in [1.82, 2.24) is 29.1 Å². The maximum atomic E-state index is 15.9. The Balaban J connectivity index is 0.945. The Morgan fingerprint density at radius 3 is 1.80 bits per heavy atom. The highest BCUT2D eigenvalue weighted by atomic mass is 35.5. The lowest BCUT2D eigenvalue weighted by Crippen LogP contribution is -2.38. The Kier molecular flexibility index (Phi) is 18.2. The molecule has 2 fully saturated rings. The lowest BCUT2D eigenvalue weighted by molar-refractivity contribution is -0.0948. The van der Waals surface area contributed by atoms with E-state index < -0.39 is 81.9 Å². The predicted octanol–water partition coefficient (Wildman–Crippen LogP) is 11.0. The molecular formula is C60H55Cl2N7O16P2.